The van der Waals surface area contributed by atoms with Crippen LogP contribution >= 0.6 is 11.6 Å². The summed E-state index contributed by atoms with van der Waals surface area (Å²) in [4.78, 5) is 5.67. The molecule has 0 amide bonds. The Morgan fingerprint density at radius 1 is 1.17 bits per heavy atom. The van der Waals surface area contributed by atoms with Crippen molar-refractivity contribution in [2.24, 2.45) is 5.16 Å². The summed E-state index contributed by atoms with van der Waals surface area (Å²) in [5.74, 6) is 0. The van der Waals surface area contributed by atoms with Gasteiger partial charge in [-0.05, 0) is 17.7 Å². The van der Waals surface area contributed by atoms with Crippen molar-refractivity contribution in [1.82, 2.24) is 0 Å². The van der Waals surface area contributed by atoms with Gasteiger partial charge in [-0.15, -0.1) is 0 Å². The van der Waals surface area contributed by atoms with Crippen molar-refractivity contribution in [2.45, 2.75) is 23.8 Å². The van der Waals surface area contributed by atoms with Gasteiger partial charge in [-0.2, -0.15) is 0 Å². The molecule has 3 rings (SSSR count). The highest BCUT2D eigenvalue weighted by molar-refractivity contribution is 7.90. The highest BCUT2D eigenvalue weighted by Crippen LogP contribution is 2.29. The first-order valence-corrected chi connectivity index (χ1v) is 9.47. The minimum absolute atomic E-state index is 0.115. The molecule has 0 fully saturated rings. The highest BCUT2D eigenvalue weighted by Gasteiger charge is 2.28. The molecule has 2 aromatic rings. The van der Waals surface area contributed by atoms with Gasteiger partial charge in [0.25, 0.3) is 0 Å². The van der Waals surface area contributed by atoms with E-state index in [2.05, 4.69) is 5.16 Å². The predicted molar refractivity (Wildman–Crippen MR) is 90.7 cm³/mol. The van der Waals surface area contributed by atoms with Gasteiger partial charge < -0.3 is 4.84 Å². The van der Waals surface area contributed by atoms with Gasteiger partial charge >= 0.3 is 0 Å². The predicted octanol–water partition coefficient (Wildman–Crippen LogP) is 3.48. The molecule has 0 aliphatic carbocycles. The third-order valence-electron chi connectivity index (χ3n) is 3.70. The van der Waals surface area contributed by atoms with Gasteiger partial charge in [-0.3, -0.25) is 0 Å². The number of rotatable bonds is 4. The van der Waals surface area contributed by atoms with Gasteiger partial charge in [0, 0.05) is 24.7 Å². The Balaban J connectivity index is 1.85. The van der Waals surface area contributed by atoms with Crippen molar-refractivity contribution < 1.29 is 13.3 Å². The lowest BCUT2D eigenvalue weighted by Crippen LogP contribution is -2.14. The van der Waals surface area contributed by atoms with Crippen LogP contribution in [0.5, 0.6) is 0 Å². The van der Waals surface area contributed by atoms with Gasteiger partial charge in [-0.25, -0.2) is 8.42 Å². The number of halogens is 1. The van der Waals surface area contributed by atoms with Crippen LogP contribution in [0, 0.1) is 0 Å². The lowest BCUT2D eigenvalue weighted by molar-refractivity contribution is 0.0859. The van der Waals surface area contributed by atoms with Crippen molar-refractivity contribution >= 4 is 27.1 Å². The minimum atomic E-state index is -3.39. The van der Waals surface area contributed by atoms with Gasteiger partial charge in [0.2, 0.25) is 0 Å². The monoisotopic (exact) mass is 349 g/mol. The molecule has 0 aromatic heterocycles. The zero-order valence-electron chi connectivity index (χ0n) is 12.6. The van der Waals surface area contributed by atoms with Crippen LogP contribution in [0.25, 0.3) is 0 Å². The Morgan fingerprint density at radius 3 is 2.61 bits per heavy atom. The fourth-order valence-electron chi connectivity index (χ4n) is 2.66. The Labute approximate surface area is 140 Å². The highest BCUT2D eigenvalue weighted by atomic mass is 35.5. The molecule has 120 valence electrons. The summed E-state index contributed by atoms with van der Waals surface area (Å²) in [7, 11) is -3.39. The molecule has 0 N–H and O–H groups in total. The van der Waals surface area contributed by atoms with Crippen LogP contribution in [0.2, 0.25) is 5.02 Å². The number of sulfone groups is 1. The molecular weight excluding hydrogens is 334 g/mol. The standard InChI is InChI=1S/C17H16ClNO3S/c1-23(20,21)16-9-5-8-14(18)17(16)15-11-13(22-19-15)10-12-6-3-2-4-7-12/h2-9,13H,10-11H2,1H3. The van der Waals surface area contributed by atoms with Gasteiger partial charge in [0.05, 0.1) is 15.6 Å². The zero-order valence-corrected chi connectivity index (χ0v) is 14.1. The molecule has 6 heteroatoms. The molecule has 0 spiro atoms. The third kappa shape index (κ3) is 3.57. The second kappa shape index (κ2) is 6.34. The van der Waals surface area contributed by atoms with Crippen LogP contribution in [0.4, 0.5) is 0 Å². The second-order valence-corrected chi connectivity index (χ2v) is 7.94. The maximum Gasteiger partial charge on any atom is 0.176 e. The first-order chi connectivity index (χ1) is 10.9. The lowest BCUT2D eigenvalue weighted by atomic mass is 10.0. The van der Waals surface area contributed by atoms with E-state index in [9.17, 15) is 8.42 Å². The van der Waals surface area contributed by atoms with Crippen LogP contribution in [-0.4, -0.2) is 26.5 Å². The quantitative estimate of drug-likeness (QED) is 0.849. The third-order valence-corrected chi connectivity index (χ3v) is 5.16. The van der Waals surface area contributed by atoms with E-state index in [1.54, 1.807) is 18.2 Å². The van der Waals surface area contributed by atoms with Gasteiger partial charge in [-0.1, -0.05) is 53.2 Å². The van der Waals surface area contributed by atoms with E-state index >= 15 is 0 Å². The molecule has 1 heterocycles. The van der Waals surface area contributed by atoms with Crippen molar-refractivity contribution in [1.29, 1.82) is 0 Å². The van der Waals surface area contributed by atoms with E-state index in [1.807, 2.05) is 30.3 Å². The fourth-order valence-corrected chi connectivity index (χ4v) is 3.92. The second-order valence-electron chi connectivity index (χ2n) is 5.54. The molecule has 1 atom stereocenters. The molecule has 0 radical (unpaired) electrons. The average Bonchev–Trinajstić information content (AvgIpc) is 2.95. The number of nitrogens with zero attached hydrogens (tertiary/aromatic N) is 1. The molecule has 0 saturated heterocycles. The van der Waals surface area contributed by atoms with Crippen molar-refractivity contribution in [3.05, 3.63) is 64.7 Å². The fraction of sp³-hybridized carbons (Fsp3) is 0.235. The molecule has 1 unspecified atom stereocenters. The van der Waals surface area contributed by atoms with Crippen LogP contribution in [0.15, 0.2) is 58.6 Å². The molecule has 23 heavy (non-hydrogen) atoms. The van der Waals surface area contributed by atoms with E-state index in [0.717, 1.165) is 5.56 Å². The lowest BCUT2D eigenvalue weighted by Gasteiger charge is -2.10. The largest absolute Gasteiger partial charge is 0.391 e. The van der Waals surface area contributed by atoms with E-state index in [-0.39, 0.29) is 11.0 Å². The first-order valence-electron chi connectivity index (χ1n) is 7.20. The summed E-state index contributed by atoms with van der Waals surface area (Å²) in [6.07, 6.45) is 2.30. The number of oxime groups is 1. The summed E-state index contributed by atoms with van der Waals surface area (Å²) in [6.45, 7) is 0. The molecule has 4 nitrogen and oxygen atoms in total. The molecular formula is C17H16ClNO3S. The average molecular weight is 350 g/mol. The maximum atomic E-state index is 12.0. The normalized spacial score (nSPS) is 17.7. The summed E-state index contributed by atoms with van der Waals surface area (Å²) in [6, 6.07) is 14.8. The Hall–Kier alpha value is -1.85. The zero-order chi connectivity index (χ0) is 16.4. The maximum absolute atomic E-state index is 12.0. The summed E-state index contributed by atoms with van der Waals surface area (Å²) < 4.78 is 24.0. The molecule has 0 bridgehead atoms. The number of hydrogen-bond acceptors (Lipinski definition) is 4. The summed E-state index contributed by atoms with van der Waals surface area (Å²) in [5.41, 5.74) is 2.18. The van der Waals surface area contributed by atoms with E-state index in [1.165, 1.54) is 6.26 Å². The van der Waals surface area contributed by atoms with Crippen LogP contribution in [0.3, 0.4) is 0 Å². The van der Waals surface area contributed by atoms with Crippen molar-refractivity contribution in [3.63, 3.8) is 0 Å². The molecule has 2 aromatic carbocycles. The summed E-state index contributed by atoms with van der Waals surface area (Å²) >= 11 is 6.22. The Kier molecular flexibility index (Phi) is 4.41. The number of hydrogen-bond donors (Lipinski definition) is 0. The van der Waals surface area contributed by atoms with Crippen LogP contribution < -0.4 is 0 Å². The first kappa shape index (κ1) is 16.0. The molecule has 1 aliphatic rings. The van der Waals surface area contributed by atoms with Crippen LogP contribution in [-0.2, 0) is 21.1 Å². The SMILES string of the molecule is CS(=O)(=O)c1cccc(Cl)c1C1=NOC(Cc2ccccc2)C1. The van der Waals surface area contributed by atoms with Crippen molar-refractivity contribution in [2.75, 3.05) is 6.26 Å². The van der Waals surface area contributed by atoms with Crippen molar-refractivity contribution in [3.8, 4) is 0 Å². The summed E-state index contributed by atoms with van der Waals surface area (Å²) in [5, 5.41) is 4.46. The smallest absolute Gasteiger partial charge is 0.176 e. The van der Waals surface area contributed by atoms with Gasteiger partial charge in [0.15, 0.2) is 9.84 Å². The molecule has 0 saturated carbocycles. The van der Waals surface area contributed by atoms with E-state index in [0.29, 0.717) is 29.1 Å². The Morgan fingerprint density at radius 2 is 1.91 bits per heavy atom. The minimum Gasteiger partial charge on any atom is -0.391 e. The van der Waals surface area contributed by atoms with Crippen LogP contribution in [0.1, 0.15) is 17.5 Å². The Bertz CT molecular complexity index is 847. The number of benzene rings is 2. The van der Waals surface area contributed by atoms with E-state index in [4.69, 9.17) is 16.4 Å². The van der Waals surface area contributed by atoms with Gasteiger partial charge in [0.1, 0.15) is 6.10 Å². The van der Waals surface area contributed by atoms with E-state index < -0.39 is 9.84 Å². The topological polar surface area (TPSA) is 55.7 Å². The molecule has 1 aliphatic heterocycles.